The molecule has 1 aliphatic rings. The molecule has 1 unspecified atom stereocenters. The van der Waals surface area contributed by atoms with Gasteiger partial charge in [-0.2, -0.15) is 0 Å². The number of hydrogen-bond donors (Lipinski definition) is 0. The third-order valence-corrected chi connectivity index (χ3v) is 6.57. The Balaban J connectivity index is 1.75. The van der Waals surface area contributed by atoms with Gasteiger partial charge in [-0.3, -0.25) is 0 Å². The molecule has 0 N–H and O–H groups in total. The second-order valence-electron chi connectivity index (χ2n) is 10.6. The summed E-state index contributed by atoms with van der Waals surface area (Å²) >= 11 is 0. The fourth-order valence-corrected chi connectivity index (χ4v) is 5.56. The number of methoxy groups -OCH3 is 1. The van der Waals surface area contributed by atoms with Gasteiger partial charge in [0.15, 0.2) is 0 Å². The van der Waals surface area contributed by atoms with Crippen LogP contribution in [0.5, 0.6) is 5.75 Å². The summed E-state index contributed by atoms with van der Waals surface area (Å²) in [4.78, 5) is 17.1. The van der Waals surface area contributed by atoms with Crippen molar-refractivity contribution in [1.82, 2.24) is 9.55 Å². The SMILES string of the molecule is COC(=O)c1ccc2c(c1)nc(Cc1ccc(OC(C)C)cc1)n2C1C[C@H](C)CC(C)(C)C1. The molecule has 1 fully saturated rings. The summed E-state index contributed by atoms with van der Waals surface area (Å²) < 4.78 is 13.2. The maximum Gasteiger partial charge on any atom is 0.337 e. The molecule has 5 nitrogen and oxygen atoms in total. The van der Waals surface area contributed by atoms with Crippen LogP contribution in [0.2, 0.25) is 0 Å². The Morgan fingerprint density at radius 3 is 2.52 bits per heavy atom. The lowest BCUT2D eigenvalue weighted by molar-refractivity contribution is 0.0601. The van der Waals surface area contributed by atoms with Crippen LogP contribution in [-0.2, 0) is 11.2 Å². The van der Waals surface area contributed by atoms with Gasteiger partial charge in [0.25, 0.3) is 0 Å². The van der Waals surface area contributed by atoms with E-state index in [9.17, 15) is 4.79 Å². The standard InChI is InChI=1S/C28H36N2O3/c1-18(2)33-23-10-7-20(8-11-23)14-26-29-24-15-21(27(31)32-6)9-12-25(24)30(26)22-13-19(3)16-28(4,5)17-22/h7-12,15,18-19,22H,13-14,16-17H2,1-6H3/t19-,22?/m0/s1. The Morgan fingerprint density at radius 1 is 1.15 bits per heavy atom. The Kier molecular flexibility index (Phi) is 6.51. The zero-order valence-electron chi connectivity index (χ0n) is 20.7. The van der Waals surface area contributed by atoms with Crippen LogP contribution in [0, 0.1) is 11.3 Å². The molecule has 1 aromatic heterocycles. The zero-order chi connectivity index (χ0) is 23.8. The largest absolute Gasteiger partial charge is 0.491 e. The van der Waals surface area contributed by atoms with Crippen LogP contribution in [0.15, 0.2) is 42.5 Å². The molecule has 0 radical (unpaired) electrons. The fourth-order valence-electron chi connectivity index (χ4n) is 5.56. The van der Waals surface area contributed by atoms with Crippen LogP contribution in [0.1, 0.15) is 81.7 Å². The van der Waals surface area contributed by atoms with E-state index in [-0.39, 0.29) is 17.5 Å². The van der Waals surface area contributed by atoms with Crippen LogP contribution in [0.25, 0.3) is 11.0 Å². The summed E-state index contributed by atoms with van der Waals surface area (Å²) in [5.41, 5.74) is 3.96. The molecule has 2 aromatic carbocycles. The summed E-state index contributed by atoms with van der Waals surface area (Å²) in [6, 6.07) is 14.4. The molecule has 176 valence electrons. The van der Waals surface area contributed by atoms with Crippen molar-refractivity contribution in [3.63, 3.8) is 0 Å². The highest BCUT2D eigenvalue weighted by Crippen LogP contribution is 2.45. The number of imidazole rings is 1. The van der Waals surface area contributed by atoms with Gasteiger partial charge in [0.1, 0.15) is 11.6 Å². The highest BCUT2D eigenvalue weighted by molar-refractivity contribution is 5.93. The van der Waals surface area contributed by atoms with Gasteiger partial charge in [0.05, 0.1) is 29.8 Å². The first-order chi connectivity index (χ1) is 15.6. The Hall–Kier alpha value is -2.82. The number of nitrogens with zero attached hydrogens (tertiary/aromatic N) is 2. The third-order valence-electron chi connectivity index (χ3n) is 6.57. The number of esters is 1. The van der Waals surface area contributed by atoms with Gasteiger partial charge in [-0.15, -0.1) is 0 Å². The molecule has 0 bridgehead atoms. The third kappa shape index (κ3) is 5.23. The lowest BCUT2D eigenvalue weighted by Crippen LogP contribution is -2.30. The zero-order valence-corrected chi connectivity index (χ0v) is 20.7. The second-order valence-corrected chi connectivity index (χ2v) is 10.6. The first kappa shape index (κ1) is 23.3. The van der Waals surface area contributed by atoms with E-state index >= 15 is 0 Å². The topological polar surface area (TPSA) is 53.4 Å². The summed E-state index contributed by atoms with van der Waals surface area (Å²) in [6.07, 6.45) is 4.39. The van der Waals surface area contributed by atoms with Gasteiger partial charge < -0.3 is 14.0 Å². The van der Waals surface area contributed by atoms with E-state index < -0.39 is 0 Å². The van der Waals surface area contributed by atoms with Gasteiger partial charge >= 0.3 is 5.97 Å². The average molecular weight is 449 g/mol. The van der Waals surface area contributed by atoms with Crippen molar-refractivity contribution in [2.24, 2.45) is 11.3 Å². The van der Waals surface area contributed by atoms with E-state index in [0.717, 1.165) is 41.9 Å². The predicted octanol–water partition coefficient (Wildman–Crippen LogP) is 6.59. The monoisotopic (exact) mass is 448 g/mol. The molecule has 0 saturated heterocycles. The van der Waals surface area contributed by atoms with Crippen molar-refractivity contribution >= 4 is 17.0 Å². The highest BCUT2D eigenvalue weighted by Gasteiger charge is 2.34. The van der Waals surface area contributed by atoms with E-state index in [4.69, 9.17) is 14.5 Å². The first-order valence-electron chi connectivity index (χ1n) is 12.0. The van der Waals surface area contributed by atoms with E-state index in [1.165, 1.54) is 19.1 Å². The Morgan fingerprint density at radius 2 is 1.88 bits per heavy atom. The number of aromatic nitrogens is 2. The molecular formula is C28H36N2O3. The molecule has 0 aliphatic heterocycles. The van der Waals surface area contributed by atoms with Crippen LogP contribution >= 0.6 is 0 Å². The predicted molar refractivity (Wildman–Crippen MR) is 132 cm³/mol. The highest BCUT2D eigenvalue weighted by atomic mass is 16.5. The van der Waals surface area contributed by atoms with Gasteiger partial charge in [-0.05, 0) is 80.3 Å². The molecule has 1 heterocycles. The van der Waals surface area contributed by atoms with Gasteiger partial charge in [0, 0.05) is 12.5 Å². The minimum atomic E-state index is -0.332. The van der Waals surface area contributed by atoms with Gasteiger partial charge in [-0.1, -0.05) is 32.9 Å². The molecule has 4 rings (SSSR count). The molecule has 33 heavy (non-hydrogen) atoms. The second kappa shape index (κ2) is 9.20. The van der Waals surface area contributed by atoms with E-state index in [1.54, 1.807) is 0 Å². The first-order valence-corrected chi connectivity index (χ1v) is 12.0. The summed E-state index contributed by atoms with van der Waals surface area (Å²) in [7, 11) is 1.41. The van der Waals surface area contributed by atoms with E-state index in [0.29, 0.717) is 17.5 Å². The van der Waals surface area contributed by atoms with Crippen molar-refractivity contribution in [1.29, 1.82) is 0 Å². The molecule has 2 atom stereocenters. The van der Waals surface area contributed by atoms with Crippen LogP contribution in [0.4, 0.5) is 0 Å². The lowest BCUT2D eigenvalue weighted by Gasteiger charge is -2.40. The quantitative estimate of drug-likeness (QED) is 0.399. The molecule has 1 saturated carbocycles. The Bertz CT molecular complexity index is 1130. The number of ether oxygens (including phenoxy) is 2. The molecule has 1 aliphatic carbocycles. The number of benzene rings is 2. The fraction of sp³-hybridized carbons (Fsp3) is 0.500. The molecule has 0 spiro atoms. The number of rotatable bonds is 6. The van der Waals surface area contributed by atoms with Gasteiger partial charge in [0.2, 0.25) is 0 Å². The molecule has 0 amide bonds. The van der Waals surface area contributed by atoms with E-state index in [1.807, 2.05) is 44.2 Å². The molecular weight excluding hydrogens is 412 g/mol. The van der Waals surface area contributed by atoms with Crippen molar-refractivity contribution in [2.45, 2.75) is 72.4 Å². The smallest absolute Gasteiger partial charge is 0.337 e. The maximum atomic E-state index is 12.1. The van der Waals surface area contributed by atoms with Crippen molar-refractivity contribution in [2.75, 3.05) is 7.11 Å². The van der Waals surface area contributed by atoms with Crippen molar-refractivity contribution in [3.8, 4) is 5.75 Å². The van der Waals surface area contributed by atoms with Crippen molar-refractivity contribution < 1.29 is 14.3 Å². The minimum Gasteiger partial charge on any atom is -0.491 e. The Labute approximate surface area is 197 Å². The summed E-state index contributed by atoms with van der Waals surface area (Å²) in [5.74, 6) is 2.25. The number of hydrogen-bond acceptors (Lipinski definition) is 4. The van der Waals surface area contributed by atoms with Crippen LogP contribution in [-0.4, -0.2) is 28.7 Å². The maximum absolute atomic E-state index is 12.1. The normalized spacial score (nSPS) is 20.2. The summed E-state index contributed by atoms with van der Waals surface area (Å²) in [6.45, 7) is 11.2. The van der Waals surface area contributed by atoms with Crippen LogP contribution < -0.4 is 4.74 Å². The molecule has 3 aromatic rings. The molecule has 5 heteroatoms. The average Bonchev–Trinajstić information content (AvgIpc) is 3.09. The van der Waals surface area contributed by atoms with Crippen LogP contribution in [0.3, 0.4) is 0 Å². The number of carbonyl (C=O) groups excluding carboxylic acids is 1. The van der Waals surface area contributed by atoms with Crippen molar-refractivity contribution in [3.05, 3.63) is 59.4 Å². The lowest BCUT2D eigenvalue weighted by atomic mass is 9.70. The number of carbonyl (C=O) groups is 1. The minimum absolute atomic E-state index is 0.153. The van der Waals surface area contributed by atoms with Gasteiger partial charge in [-0.25, -0.2) is 9.78 Å². The summed E-state index contributed by atoms with van der Waals surface area (Å²) in [5, 5.41) is 0. The number of fused-ring (bicyclic) bond motifs is 1. The van der Waals surface area contributed by atoms with E-state index in [2.05, 4.69) is 37.5 Å².